The van der Waals surface area contributed by atoms with Crippen molar-refractivity contribution in [1.29, 1.82) is 0 Å². The van der Waals surface area contributed by atoms with Crippen molar-refractivity contribution in [1.82, 2.24) is 10.3 Å². The predicted octanol–water partition coefficient (Wildman–Crippen LogP) is 1.46. The van der Waals surface area contributed by atoms with E-state index in [0.717, 1.165) is 11.1 Å². The Balaban J connectivity index is 2.42. The smallest absolute Gasteiger partial charge is 0.218 e. The van der Waals surface area contributed by atoms with Crippen LogP contribution in [0.25, 0.3) is 0 Å². The second-order valence-corrected chi connectivity index (χ2v) is 4.07. The number of carbonyl (C=O) groups is 2. The summed E-state index contributed by atoms with van der Waals surface area (Å²) in [5.74, 6) is -0.589. The molecule has 0 N–H and O–H groups in total. The van der Waals surface area contributed by atoms with Crippen molar-refractivity contribution in [2.75, 3.05) is 0 Å². The highest BCUT2D eigenvalue weighted by molar-refractivity contribution is 6.27. The molecule has 0 atom stereocenters. The first kappa shape index (κ1) is 9.89. The standard InChI is InChI=1S/C12H8N2O3/c1-5-3-4-6(2)8-7(5)11(15)9-10(12(8)16)14-17-13-9/h3-4H,1-2H3. The van der Waals surface area contributed by atoms with Crippen molar-refractivity contribution in [2.24, 2.45) is 0 Å². The van der Waals surface area contributed by atoms with Gasteiger partial charge >= 0.3 is 0 Å². The second kappa shape index (κ2) is 3.10. The highest BCUT2D eigenvalue weighted by Crippen LogP contribution is 2.29. The lowest BCUT2D eigenvalue weighted by Crippen LogP contribution is -2.23. The van der Waals surface area contributed by atoms with Gasteiger partial charge in [0.05, 0.1) is 0 Å². The fraction of sp³-hybridized carbons (Fsp3) is 0.167. The first-order valence-electron chi connectivity index (χ1n) is 5.13. The average Bonchev–Trinajstić information content (AvgIpc) is 2.78. The highest BCUT2D eigenvalue weighted by Gasteiger charge is 2.36. The van der Waals surface area contributed by atoms with Crippen LogP contribution in [0.15, 0.2) is 16.8 Å². The highest BCUT2D eigenvalue weighted by atomic mass is 16.6. The fourth-order valence-corrected chi connectivity index (χ4v) is 2.12. The Morgan fingerprint density at radius 2 is 1.29 bits per heavy atom. The Morgan fingerprint density at radius 1 is 0.882 bits per heavy atom. The molecule has 0 radical (unpaired) electrons. The Hall–Kier alpha value is -2.30. The number of rotatable bonds is 0. The third-order valence-corrected chi connectivity index (χ3v) is 2.99. The number of benzene rings is 1. The molecule has 2 aromatic rings. The zero-order chi connectivity index (χ0) is 12.2. The summed E-state index contributed by atoms with van der Waals surface area (Å²) in [6.45, 7) is 3.59. The van der Waals surface area contributed by atoms with Gasteiger partial charge in [-0.05, 0) is 35.3 Å². The topological polar surface area (TPSA) is 73.1 Å². The number of hydrogen-bond donors (Lipinski definition) is 0. The van der Waals surface area contributed by atoms with Crippen LogP contribution in [-0.2, 0) is 0 Å². The molecule has 0 spiro atoms. The fourth-order valence-electron chi connectivity index (χ4n) is 2.12. The van der Waals surface area contributed by atoms with Gasteiger partial charge in [-0.3, -0.25) is 9.59 Å². The van der Waals surface area contributed by atoms with Gasteiger partial charge < -0.3 is 0 Å². The van der Waals surface area contributed by atoms with E-state index in [1.54, 1.807) is 13.8 Å². The maximum Gasteiger partial charge on any atom is 0.218 e. The maximum absolute atomic E-state index is 12.2. The van der Waals surface area contributed by atoms with Gasteiger partial charge in [0.1, 0.15) is 0 Å². The molecule has 0 unspecified atom stereocenters. The summed E-state index contributed by atoms with van der Waals surface area (Å²) in [6, 6.07) is 3.63. The summed E-state index contributed by atoms with van der Waals surface area (Å²) in [5.41, 5.74) is 2.37. The molecular weight excluding hydrogens is 220 g/mol. The largest absolute Gasteiger partial charge is 0.287 e. The zero-order valence-corrected chi connectivity index (χ0v) is 9.27. The van der Waals surface area contributed by atoms with Crippen LogP contribution in [0.2, 0.25) is 0 Å². The first-order valence-corrected chi connectivity index (χ1v) is 5.13. The van der Waals surface area contributed by atoms with Crippen molar-refractivity contribution in [3.63, 3.8) is 0 Å². The predicted molar refractivity (Wildman–Crippen MR) is 57.1 cm³/mol. The summed E-state index contributed by atoms with van der Waals surface area (Å²) < 4.78 is 4.48. The lowest BCUT2D eigenvalue weighted by molar-refractivity contribution is 0.0973. The van der Waals surface area contributed by atoms with E-state index in [0.29, 0.717) is 11.1 Å². The molecule has 0 saturated carbocycles. The quantitative estimate of drug-likeness (QED) is 0.582. The van der Waals surface area contributed by atoms with Crippen LogP contribution in [0.4, 0.5) is 0 Å². The third-order valence-electron chi connectivity index (χ3n) is 2.99. The van der Waals surface area contributed by atoms with Gasteiger partial charge in [0.2, 0.25) is 11.6 Å². The van der Waals surface area contributed by atoms with E-state index in [1.807, 2.05) is 12.1 Å². The Labute approximate surface area is 96.4 Å². The molecule has 0 aliphatic heterocycles. The first-order chi connectivity index (χ1) is 8.11. The molecular formula is C12H8N2O3. The number of fused-ring (bicyclic) bond motifs is 2. The van der Waals surface area contributed by atoms with Crippen molar-refractivity contribution in [3.05, 3.63) is 45.8 Å². The SMILES string of the molecule is Cc1ccc(C)c2c1C(=O)c1nonc1C2=O. The molecule has 17 heavy (non-hydrogen) atoms. The summed E-state index contributed by atoms with van der Waals surface area (Å²) in [4.78, 5) is 24.3. The van der Waals surface area contributed by atoms with Crippen LogP contribution in [0.1, 0.15) is 43.2 Å². The van der Waals surface area contributed by atoms with Gasteiger partial charge in [-0.25, -0.2) is 4.63 Å². The van der Waals surface area contributed by atoms with E-state index in [4.69, 9.17) is 0 Å². The maximum atomic E-state index is 12.2. The lowest BCUT2D eigenvalue weighted by Gasteiger charge is -2.15. The molecule has 1 aromatic heterocycles. The zero-order valence-electron chi connectivity index (χ0n) is 9.27. The van der Waals surface area contributed by atoms with Gasteiger partial charge in [0.25, 0.3) is 0 Å². The number of carbonyl (C=O) groups excluding carboxylic acids is 2. The van der Waals surface area contributed by atoms with Gasteiger partial charge in [-0.2, -0.15) is 0 Å². The minimum absolute atomic E-state index is 0.0104. The summed E-state index contributed by atoms with van der Waals surface area (Å²) in [6.07, 6.45) is 0. The molecule has 84 valence electrons. The molecule has 1 aromatic carbocycles. The summed E-state index contributed by atoms with van der Waals surface area (Å²) in [5, 5.41) is 7.00. The molecule has 1 aliphatic carbocycles. The Bertz CT molecular complexity index is 615. The normalized spacial score (nSPS) is 13.5. The summed E-state index contributed by atoms with van der Waals surface area (Å²) in [7, 11) is 0. The van der Waals surface area contributed by atoms with E-state index in [1.165, 1.54) is 0 Å². The van der Waals surface area contributed by atoms with Gasteiger partial charge in [-0.1, -0.05) is 12.1 Å². The van der Waals surface area contributed by atoms with Crippen LogP contribution in [0.3, 0.4) is 0 Å². The molecule has 3 rings (SSSR count). The van der Waals surface area contributed by atoms with Crippen LogP contribution < -0.4 is 0 Å². The van der Waals surface area contributed by atoms with Gasteiger partial charge in [0.15, 0.2) is 11.4 Å². The minimum atomic E-state index is -0.294. The molecule has 1 heterocycles. The van der Waals surface area contributed by atoms with E-state index in [2.05, 4.69) is 14.9 Å². The van der Waals surface area contributed by atoms with Crippen LogP contribution in [-0.4, -0.2) is 21.9 Å². The van der Waals surface area contributed by atoms with Crippen molar-refractivity contribution in [2.45, 2.75) is 13.8 Å². The number of aryl methyl sites for hydroxylation is 2. The number of nitrogens with zero attached hydrogens (tertiary/aromatic N) is 2. The van der Waals surface area contributed by atoms with E-state index in [9.17, 15) is 9.59 Å². The third kappa shape index (κ3) is 1.13. The van der Waals surface area contributed by atoms with E-state index >= 15 is 0 Å². The van der Waals surface area contributed by atoms with Crippen molar-refractivity contribution in [3.8, 4) is 0 Å². The summed E-state index contributed by atoms with van der Waals surface area (Å²) >= 11 is 0. The van der Waals surface area contributed by atoms with Gasteiger partial charge in [-0.15, -0.1) is 0 Å². The molecule has 0 fully saturated rings. The average molecular weight is 228 g/mol. The Morgan fingerprint density at radius 3 is 1.71 bits per heavy atom. The van der Waals surface area contributed by atoms with Crippen molar-refractivity contribution >= 4 is 11.6 Å². The van der Waals surface area contributed by atoms with E-state index < -0.39 is 0 Å². The lowest BCUT2D eigenvalue weighted by atomic mass is 9.84. The Kier molecular flexibility index (Phi) is 1.80. The van der Waals surface area contributed by atoms with E-state index in [-0.39, 0.29) is 23.0 Å². The van der Waals surface area contributed by atoms with Crippen LogP contribution >= 0.6 is 0 Å². The molecule has 1 aliphatic rings. The molecule has 0 bridgehead atoms. The van der Waals surface area contributed by atoms with Crippen molar-refractivity contribution < 1.29 is 14.2 Å². The van der Waals surface area contributed by atoms with Crippen LogP contribution in [0.5, 0.6) is 0 Å². The second-order valence-electron chi connectivity index (χ2n) is 4.07. The number of ketones is 2. The minimum Gasteiger partial charge on any atom is -0.287 e. The molecule has 5 heteroatoms. The number of hydrogen-bond acceptors (Lipinski definition) is 5. The number of aromatic nitrogens is 2. The van der Waals surface area contributed by atoms with Gasteiger partial charge in [0, 0.05) is 11.1 Å². The molecule has 0 amide bonds. The molecule has 5 nitrogen and oxygen atoms in total. The van der Waals surface area contributed by atoms with Crippen LogP contribution in [0, 0.1) is 13.8 Å². The molecule has 0 saturated heterocycles. The monoisotopic (exact) mass is 228 g/mol.